The lowest BCUT2D eigenvalue weighted by molar-refractivity contribution is 0.0882. The standard InChI is InChI=1S/C12H9ClN2O2/c13-12-5-8(14-7-15-12)11-6-16-9-3-1-2-4-10(9)17-11/h1-5,7,11H,6H2/t11-/m1/s1. The average Bonchev–Trinajstić information content (AvgIpc) is 2.38. The minimum Gasteiger partial charge on any atom is -0.485 e. The van der Waals surface area contributed by atoms with E-state index in [4.69, 9.17) is 21.1 Å². The Morgan fingerprint density at radius 3 is 2.82 bits per heavy atom. The zero-order chi connectivity index (χ0) is 11.7. The Morgan fingerprint density at radius 1 is 1.18 bits per heavy atom. The van der Waals surface area contributed by atoms with Crippen LogP contribution in [0, 0.1) is 0 Å². The van der Waals surface area contributed by atoms with Crippen LogP contribution in [0.5, 0.6) is 11.5 Å². The molecule has 3 rings (SSSR count). The van der Waals surface area contributed by atoms with Gasteiger partial charge in [0.1, 0.15) is 18.1 Å². The summed E-state index contributed by atoms with van der Waals surface area (Å²) in [5.74, 6) is 1.47. The lowest BCUT2D eigenvalue weighted by Gasteiger charge is -2.25. The first-order chi connectivity index (χ1) is 8.33. The molecule has 1 aliphatic rings. The maximum Gasteiger partial charge on any atom is 0.175 e. The monoisotopic (exact) mass is 248 g/mol. The molecule has 0 fully saturated rings. The van der Waals surface area contributed by atoms with Gasteiger partial charge < -0.3 is 9.47 Å². The van der Waals surface area contributed by atoms with Crippen LogP contribution in [-0.2, 0) is 0 Å². The van der Waals surface area contributed by atoms with Crippen molar-refractivity contribution in [2.45, 2.75) is 6.10 Å². The van der Waals surface area contributed by atoms with Crippen LogP contribution in [0.4, 0.5) is 0 Å². The molecule has 4 nitrogen and oxygen atoms in total. The number of hydrogen-bond acceptors (Lipinski definition) is 4. The van der Waals surface area contributed by atoms with E-state index in [-0.39, 0.29) is 6.10 Å². The van der Waals surface area contributed by atoms with E-state index in [0.29, 0.717) is 11.8 Å². The van der Waals surface area contributed by atoms with Crippen molar-refractivity contribution in [2.24, 2.45) is 0 Å². The van der Waals surface area contributed by atoms with Gasteiger partial charge in [-0.1, -0.05) is 23.7 Å². The molecule has 0 bridgehead atoms. The number of ether oxygens (including phenoxy) is 2. The number of nitrogens with zero attached hydrogens (tertiary/aromatic N) is 2. The van der Waals surface area contributed by atoms with Gasteiger partial charge >= 0.3 is 0 Å². The molecule has 1 aliphatic heterocycles. The van der Waals surface area contributed by atoms with Crippen LogP contribution in [0.1, 0.15) is 11.8 Å². The second-order valence-electron chi connectivity index (χ2n) is 3.63. The minimum atomic E-state index is -0.245. The summed E-state index contributed by atoms with van der Waals surface area (Å²) in [4.78, 5) is 7.97. The largest absolute Gasteiger partial charge is 0.485 e. The third-order valence-electron chi connectivity index (χ3n) is 2.49. The Labute approximate surface area is 103 Å². The second kappa shape index (κ2) is 4.22. The third-order valence-corrected chi connectivity index (χ3v) is 2.70. The Morgan fingerprint density at radius 2 is 2.00 bits per heavy atom. The Balaban J connectivity index is 1.89. The van der Waals surface area contributed by atoms with Gasteiger partial charge in [-0.15, -0.1) is 0 Å². The molecule has 0 spiro atoms. The predicted molar refractivity (Wildman–Crippen MR) is 62.3 cm³/mol. The van der Waals surface area contributed by atoms with Crippen molar-refractivity contribution in [2.75, 3.05) is 6.61 Å². The van der Waals surface area contributed by atoms with E-state index in [1.807, 2.05) is 24.3 Å². The molecule has 17 heavy (non-hydrogen) atoms. The van der Waals surface area contributed by atoms with Crippen molar-refractivity contribution in [3.8, 4) is 11.5 Å². The van der Waals surface area contributed by atoms with Gasteiger partial charge in [-0.3, -0.25) is 0 Å². The van der Waals surface area contributed by atoms with E-state index in [1.54, 1.807) is 6.07 Å². The second-order valence-corrected chi connectivity index (χ2v) is 4.02. The SMILES string of the molecule is Clc1cc([C@H]2COc3ccccc3O2)ncn1. The Bertz CT molecular complexity index is 548. The summed E-state index contributed by atoms with van der Waals surface area (Å²) >= 11 is 5.82. The summed E-state index contributed by atoms with van der Waals surface area (Å²) < 4.78 is 11.4. The van der Waals surface area contributed by atoms with Gasteiger partial charge in [-0.25, -0.2) is 9.97 Å². The predicted octanol–water partition coefficient (Wildman–Crippen LogP) is 2.64. The van der Waals surface area contributed by atoms with Crippen LogP contribution in [0.3, 0.4) is 0 Å². The number of halogens is 1. The van der Waals surface area contributed by atoms with Gasteiger partial charge in [0, 0.05) is 6.07 Å². The molecular formula is C12H9ClN2O2. The summed E-state index contributed by atoms with van der Waals surface area (Å²) in [5, 5.41) is 0.400. The molecule has 1 aromatic heterocycles. The molecule has 0 aliphatic carbocycles. The zero-order valence-electron chi connectivity index (χ0n) is 8.84. The molecule has 0 radical (unpaired) electrons. The smallest absolute Gasteiger partial charge is 0.175 e. The average molecular weight is 249 g/mol. The molecule has 2 heterocycles. The van der Waals surface area contributed by atoms with Crippen molar-refractivity contribution < 1.29 is 9.47 Å². The molecule has 0 saturated carbocycles. The van der Waals surface area contributed by atoms with E-state index in [0.717, 1.165) is 17.2 Å². The fourth-order valence-electron chi connectivity index (χ4n) is 1.69. The van der Waals surface area contributed by atoms with Crippen LogP contribution in [-0.4, -0.2) is 16.6 Å². The van der Waals surface area contributed by atoms with Gasteiger partial charge in [-0.2, -0.15) is 0 Å². The first kappa shape index (κ1) is 10.4. The van der Waals surface area contributed by atoms with Gasteiger partial charge in [0.15, 0.2) is 17.6 Å². The first-order valence-electron chi connectivity index (χ1n) is 5.19. The van der Waals surface area contributed by atoms with E-state index < -0.39 is 0 Å². The van der Waals surface area contributed by atoms with Gasteiger partial charge in [0.25, 0.3) is 0 Å². The fourth-order valence-corrected chi connectivity index (χ4v) is 1.84. The number of hydrogen-bond donors (Lipinski definition) is 0. The van der Waals surface area contributed by atoms with E-state index in [9.17, 15) is 0 Å². The summed E-state index contributed by atoms with van der Waals surface area (Å²) in [6.07, 6.45) is 1.17. The van der Waals surface area contributed by atoms with Gasteiger partial charge in [0.2, 0.25) is 0 Å². The molecule has 1 atom stereocenters. The highest BCUT2D eigenvalue weighted by atomic mass is 35.5. The minimum absolute atomic E-state index is 0.245. The van der Waals surface area contributed by atoms with Crippen LogP contribution in [0.2, 0.25) is 5.15 Å². The Hall–Kier alpha value is -1.81. The molecule has 0 N–H and O–H groups in total. The molecule has 0 unspecified atom stereocenters. The van der Waals surface area contributed by atoms with Crippen LogP contribution in [0.15, 0.2) is 36.7 Å². The highest BCUT2D eigenvalue weighted by Crippen LogP contribution is 2.35. The first-order valence-corrected chi connectivity index (χ1v) is 5.56. The van der Waals surface area contributed by atoms with Crippen LogP contribution < -0.4 is 9.47 Å². The third kappa shape index (κ3) is 2.03. The van der Waals surface area contributed by atoms with Crippen molar-refractivity contribution in [3.63, 3.8) is 0 Å². The van der Waals surface area contributed by atoms with Crippen LogP contribution >= 0.6 is 11.6 Å². The molecule has 1 aromatic carbocycles. The molecule has 2 aromatic rings. The van der Waals surface area contributed by atoms with E-state index >= 15 is 0 Å². The molecule has 0 saturated heterocycles. The molecule has 0 amide bonds. The quantitative estimate of drug-likeness (QED) is 0.728. The normalized spacial score (nSPS) is 17.8. The summed E-state index contributed by atoms with van der Waals surface area (Å²) in [5.41, 5.74) is 0.722. The van der Waals surface area contributed by atoms with E-state index in [2.05, 4.69) is 9.97 Å². The van der Waals surface area contributed by atoms with Crippen molar-refractivity contribution in [1.29, 1.82) is 0 Å². The zero-order valence-corrected chi connectivity index (χ0v) is 9.59. The highest BCUT2D eigenvalue weighted by molar-refractivity contribution is 6.29. The number of para-hydroxylation sites is 2. The maximum absolute atomic E-state index is 5.82. The maximum atomic E-state index is 5.82. The number of rotatable bonds is 1. The molecular weight excluding hydrogens is 240 g/mol. The molecule has 5 heteroatoms. The topological polar surface area (TPSA) is 44.2 Å². The summed E-state index contributed by atoms with van der Waals surface area (Å²) in [7, 11) is 0. The van der Waals surface area contributed by atoms with Gasteiger partial charge in [0.05, 0.1) is 5.69 Å². The molecule has 86 valence electrons. The Kier molecular flexibility index (Phi) is 2.57. The van der Waals surface area contributed by atoms with Crippen LogP contribution in [0.25, 0.3) is 0 Å². The summed E-state index contributed by atoms with van der Waals surface area (Å²) in [6, 6.07) is 9.23. The van der Waals surface area contributed by atoms with Crippen molar-refractivity contribution in [3.05, 3.63) is 47.5 Å². The fraction of sp³-hybridized carbons (Fsp3) is 0.167. The lowest BCUT2D eigenvalue weighted by Crippen LogP contribution is -2.22. The van der Waals surface area contributed by atoms with Crippen molar-refractivity contribution in [1.82, 2.24) is 9.97 Å². The van der Waals surface area contributed by atoms with E-state index in [1.165, 1.54) is 6.33 Å². The number of aromatic nitrogens is 2. The van der Waals surface area contributed by atoms with Crippen molar-refractivity contribution >= 4 is 11.6 Å². The summed E-state index contributed by atoms with van der Waals surface area (Å²) in [6.45, 7) is 0.421. The number of fused-ring (bicyclic) bond motifs is 1. The lowest BCUT2D eigenvalue weighted by atomic mass is 10.2. The number of benzene rings is 1. The van der Waals surface area contributed by atoms with Gasteiger partial charge in [-0.05, 0) is 12.1 Å². The highest BCUT2D eigenvalue weighted by Gasteiger charge is 2.23.